The standard InChI is InChI=1S/C11H20O2/c1-9-3-6-11(13,7-4-9)10(2)5-8-12/h3,10,12-13H,4-8H2,1-2H3. The lowest BCUT2D eigenvalue weighted by Crippen LogP contribution is -2.38. The first-order valence-corrected chi connectivity index (χ1v) is 5.07. The highest BCUT2D eigenvalue weighted by molar-refractivity contribution is 5.08. The maximum atomic E-state index is 10.2. The predicted molar refractivity (Wildman–Crippen MR) is 53.4 cm³/mol. The molecule has 1 aliphatic rings. The number of hydrogen-bond acceptors (Lipinski definition) is 2. The second kappa shape index (κ2) is 4.25. The molecule has 1 aliphatic carbocycles. The van der Waals surface area contributed by atoms with Crippen molar-refractivity contribution in [3.8, 4) is 0 Å². The molecule has 0 fully saturated rings. The van der Waals surface area contributed by atoms with Crippen LogP contribution in [0.5, 0.6) is 0 Å². The van der Waals surface area contributed by atoms with Gasteiger partial charge in [0.15, 0.2) is 0 Å². The second-order valence-electron chi connectivity index (χ2n) is 4.27. The van der Waals surface area contributed by atoms with Crippen molar-refractivity contribution in [2.45, 2.75) is 45.1 Å². The van der Waals surface area contributed by atoms with Gasteiger partial charge in [-0.15, -0.1) is 0 Å². The molecule has 0 amide bonds. The number of aliphatic hydroxyl groups is 2. The smallest absolute Gasteiger partial charge is 0.0711 e. The lowest BCUT2D eigenvalue weighted by molar-refractivity contribution is -0.0286. The fourth-order valence-corrected chi connectivity index (χ4v) is 1.88. The van der Waals surface area contributed by atoms with Crippen LogP contribution in [0.4, 0.5) is 0 Å². The van der Waals surface area contributed by atoms with Crippen LogP contribution in [0.3, 0.4) is 0 Å². The number of rotatable bonds is 3. The largest absolute Gasteiger partial charge is 0.396 e. The van der Waals surface area contributed by atoms with E-state index in [0.29, 0.717) is 6.42 Å². The van der Waals surface area contributed by atoms with E-state index >= 15 is 0 Å². The molecule has 0 radical (unpaired) electrons. The van der Waals surface area contributed by atoms with Crippen LogP contribution in [-0.4, -0.2) is 22.4 Å². The fraction of sp³-hybridized carbons (Fsp3) is 0.818. The molecule has 0 aromatic carbocycles. The molecule has 0 heterocycles. The molecule has 0 aliphatic heterocycles. The SMILES string of the molecule is CC1=CCC(O)(C(C)CCO)CC1. The van der Waals surface area contributed by atoms with Crippen molar-refractivity contribution in [2.75, 3.05) is 6.61 Å². The van der Waals surface area contributed by atoms with Crippen LogP contribution >= 0.6 is 0 Å². The van der Waals surface area contributed by atoms with E-state index in [1.807, 2.05) is 6.92 Å². The highest BCUT2D eigenvalue weighted by Gasteiger charge is 2.33. The molecule has 2 atom stereocenters. The minimum atomic E-state index is -0.567. The van der Waals surface area contributed by atoms with Crippen molar-refractivity contribution in [1.29, 1.82) is 0 Å². The topological polar surface area (TPSA) is 40.5 Å². The highest BCUT2D eigenvalue weighted by Crippen LogP contribution is 2.34. The van der Waals surface area contributed by atoms with E-state index in [0.717, 1.165) is 19.3 Å². The second-order valence-corrected chi connectivity index (χ2v) is 4.27. The van der Waals surface area contributed by atoms with Gasteiger partial charge in [-0.1, -0.05) is 18.6 Å². The van der Waals surface area contributed by atoms with Crippen LogP contribution in [0, 0.1) is 5.92 Å². The molecule has 76 valence electrons. The maximum Gasteiger partial charge on any atom is 0.0711 e. The van der Waals surface area contributed by atoms with Gasteiger partial charge in [0.25, 0.3) is 0 Å². The van der Waals surface area contributed by atoms with Crippen LogP contribution in [0.15, 0.2) is 11.6 Å². The van der Waals surface area contributed by atoms with Crippen molar-refractivity contribution in [1.82, 2.24) is 0 Å². The van der Waals surface area contributed by atoms with Gasteiger partial charge in [0, 0.05) is 6.61 Å². The van der Waals surface area contributed by atoms with Crippen molar-refractivity contribution < 1.29 is 10.2 Å². The Morgan fingerprint density at radius 3 is 2.77 bits per heavy atom. The molecule has 0 aromatic heterocycles. The normalized spacial score (nSPS) is 31.2. The molecule has 0 bridgehead atoms. The third-order valence-electron chi connectivity index (χ3n) is 3.24. The molecule has 2 N–H and O–H groups in total. The fourth-order valence-electron chi connectivity index (χ4n) is 1.88. The Bertz CT molecular complexity index is 198. The average molecular weight is 184 g/mol. The van der Waals surface area contributed by atoms with Crippen LogP contribution in [0.25, 0.3) is 0 Å². The van der Waals surface area contributed by atoms with Gasteiger partial charge in [-0.05, 0) is 38.5 Å². The van der Waals surface area contributed by atoms with Gasteiger partial charge in [-0.3, -0.25) is 0 Å². The zero-order valence-corrected chi connectivity index (χ0v) is 8.58. The summed E-state index contributed by atoms with van der Waals surface area (Å²) in [6.45, 7) is 4.30. The Kier molecular flexibility index (Phi) is 3.51. The average Bonchev–Trinajstić information content (AvgIpc) is 2.11. The third-order valence-corrected chi connectivity index (χ3v) is 3.24. The first kappa shape index (κ1) is 10.7. The molecule has 13 heavy (non-hydrogen) atoms. The van der Waals surface area contributed by atoms with Crippen molar-refractivity contribution in [2.24, 2.45) is 5.92 Å². The summed E-state index contributed by atoms with van der Waals surface area (Å²) in [7, 11) is 0. The van der Waals surface area contributed by atoms with Crippen molar-refractivity contribution >= 4 is 0 Å². The summed E-state index contributed by atoms with van der Waals surface area (Å²) < 4.78 is 0. The quantitative estimate of drug-likeness (QED) is 0.657. The molecular formula is C11H20O2. The Morgan fingerprint density at radius 2 is 2.31 bits per heavy atom. The van der Waals surface area contributed by atoms with E-state index in [9.17, 15) is 5.11 Å². The molecule has 0 aromatic rings. The summed E-state index contributed by atoms with van der Waals surface area (Å²) in [4.78, 5) is 0. The van der Waals surface area contributed by atoms with E-state index in [4.69, 9.17) is 5.11 Å². The van der Waals surface area contributed by atoms with Gasteiger partial charge < -0.3 is 10.2 Å². The zero-order chi connectivity index (χ0) is 9.90. The van der Waals surface area contributed by atoms with Gasteiger partial charge in [0.05, 0.1) is 5.60 Å². The van der Waals surface area contributed by atoms with E-state index in [1.54, 1.807) is 0 Å². The number of allylic oxidation sites excluding steroid dienone is 1. The molecular weight excluding hydrogens is 164 g/mol. The summed E-state index contributed by atoms with van der Waals surface area (Å²) in [6.07, 6.45) is 5.41. The Hall–Kier alpha value is -0.340. The summed E-state index contributed by atoms with van der Waals surface area (Å²) in [5, 5.41) is 19.0. The summed E-state index contributed by atoms with van der Waals surface area (Å²) in [5.74, 6) is 0.196. The molecule has 2 nitrogen and oxygen atoms in total. The highest BCUT2D eigenvalue weighted by atomic mass is 16.3. The van der Waals surface area contributed by atoms with Crippen LogP contribution in [0.1, 0.15) is 39.5 Å². The van der Waals surface area contributed by atoms with E-state index in [1.165, 1.54) is 5.57 Å². The Balaban J connectivity index is 2.57. The minimum absolute atomic E-state index is 0.173. The summed E-state index contributed by atoms with van der Waals surface area (Å²) in [5.41, 5.74) is 0.809. The van der Waals surface area contributed by atoms with Gasteiger partial charge >= 0.3 is 0 Å². The van der Waals surface area contributed by atoms with E-state index < -0.39 is 5.60 Å². The van der Waals surface area contributed by atoms with Gasteiger partial charge in [-0.2, -0.15) is 0 Å². The van der Waals surface area contributed by atoms with Crippen LogP contribution in [-0.2, 0) is 0 Å². The van der Waals surface area contributed by atoms with E-state index in [2.05, 4.69) is 13.0 Å². The van der Waals surface area contributed by atoms with Crippen molar-refractivity contribution in [3.63, 3.8) is 0 Å². The maximum absolute atomic E-state index is 10.2. The molecule has 0 saturated heterocycles. The molecule has 2 heteroatoms. The van der Waals surface area contributed by atoms with Crippen molar-refractivity contribution in [3.05, 3.63) is 11.6 Å². The molecule has 0 spiro atoms. The van der Waals surface area contributed by atoms with Gasteiger partial charge in [0.1, 0.15) is 0 Å². The predicted octanol–water partition coefficient (Wildman–Crippen LogP) is 1.87. The minimum Gasteiger partial charge on any atom is -0.396 e. The summed E-state index contributed by atoms with van der Waals surface area (Å²) >= 11 is 0. The first-order chi connectivity index (χ1) is 6.08. The van der Waals surface area contributed by atoms with Gasteiger partial charge in [0.2, 0.25) is 0 Å². The zero-order valence-electron chi connectivity index (χ0n) is 8.58. The summed E-state index contributed by atoms with van der Waals surface area (Å²) in [6, 6.07) is 0. The third kappa shape index (κ3) is 2.55. The van der Waals surface area contributed by atoms with Crippen LogP contribution < -0.4 is 0 Å². The lowest BCUT2D eigenvalue weighted by Gasteiger charge is -2.36. The Labute approximate surface area is 80.3 Å². The first-order valence-electron chi connectivity index (χ1n) is 5.07. The monoisotopic (exact) mass is 184 g/mol. The van der Waals surface area contributed by atoms with E-state index in [-0.39, 0.29) is 12.5 Å². The molecule has 0 saturated carbocycles. The number of aliphatic hydroxyl groups excluding tert-OH is 1. The lowest BCUT2D eigenvalue weighted by atomic mass is 9.76. The van der Waals surface area contributed by atoms with Crippen LogP contribution in [0.2, 0.25) is 0 Å². The molecule has 2 unspecified atom stereocenters. The number of hydrogen-bond donors (Lipinski definition) is 2. The van der Waals surface area contributed by atoms with Gasteiger partial charge in [-0.25, -0.2) is 0 Å². The molecule has 1 rings (SSSR count). The Morgan fingerprint density at radius 1 is 1.62 bits per heavy atom.